The van der Waals surface area contributed by atoms with Crippen molar-refractivity contribution in [3.05, 3.63) is 0 Å². The summed E-state index contributed by atoms with van der Waals surface area (Å²) in [6, 6.07) is 1.41. The Labute approximate surface area is 106 Å². The second kappa shape index (κ2) is 6.72. The summed E-state index contributed by atoms with van der Waals surface area (Å²) in [6.07, 6.45) is 7.08. The molecule has 3 heteroatoms. The number of morpholine rings is 1. The fraction of sp³-hybridized carbons (Fsp3) is 1.00. The first-order chi connectivity index (χ1) is 8.29. The minimum atomic E-state index is 0.414. The first-order valence-corrected chi connectivity index (χ1v) is 7.38. The van der Waals surface area contributed by atoms with Crippen LogP contribution in [0.4, 0.5) is 0 Å². The molecule has 2 fully saturated rings. The summed E-state index contributed by atoms with van der Waals surface area (Å²) in [5.74, 6) is 0. The Hall–Kier alpha value is -0.120. The van der Waals surface area contributed by atoms with Gasteiger partial charge in [-0.1, -0.05) is 13.3 Å². The Morgan fingerprint density at radius 3 is 2.94 bits per heavy atom. The first kappa shape index (κ1) is 13.3. The van der Waals surface area contributed by atoms with Crippen molar-refractivity contribution < 1.29 is 4.74 Å². The van der Waals surface area contributed by atoms with Crippen LogP contribution in [0.15, 0.2) is 0 Å². The number of hydrogen-bond donors (Lipinski definition) is 1. The van der Waals surface area contributed by atoms with Crippen molar-refractivity contribution >= 4 is 0 Å². The van der Waals surface area contributed by atoms with E-state index in [1.54, 1.807) is 0 Å². The molecule has 2 rings (SSSR count). The third-order valence-electron chi connectivity index (χ3n) is 4.23. The van der Waals surface area contributed by atoms with Gasteiger partial charge < -0.3 is 10.1 Å². The lowest BCUT2D eigenvalue weighted by Gasteiger charge is -2.39. The minimum absolute atomic E-state index is 0.414. The van der Waals surface area contributed by atoms with Gasteiger partial charge in [0.2, 0.25) is 0 Å². The molecule has 2 saturated heterocycles. The standard InChI is InChI=1S/C14H28N2O/c1-3-14-11-17-12(2)10-16(14)9-7-13-6-4-5-8-15-13/h12-15H,3-11H2,1-2H3. The minimum Gasteiger partial charge on any atom is -0.376 e. The van der Waals surface area contributed by atoms with Crippen molar-refractivity contribution in [2.24, 2.45) is 0 Å². The Balaban J connectivity index is 1.74. The van der Waals surface area contributed by atoms with Crippen LogP contribution in [0.5, 0.6) is 0 Å². The predicted molar refractivity (Wildman–Crippen MR) is 71.3 cm³/mol. The van der Waals surface area contributed by atoms with Gasteiger partial charge in [-0.25, -0.2) is 0 Å². The second-order valence-electron chi connectivity index (χ2n) is 5.64. The highest BCUT2D eigenvalue weighted by Gasteiger charge is 2.25. The maximum absolute atomic E-state index is 5.75. The van der Waals surface area contributed by atoms with Crippen LogP contribution in [0.3, 0.4) is 0 Å². The zero-order valence-corrected chi connectivity index (χ0v) is 11.5. The topological polar surface area (TPSA) is 24.5 Å². The number of rotatable bonds is 4. The maximum Gasteiger partial charge on any atom is 0.0674 e. The molecule has 0 spiro atoms. The van der Waals surface area contributed by atoms with Gasteiger partial charge >= 0.3 is 0 Å². The monoisotopic (exact) mass is 240 g/mol. The summed E-state index contributed by atoms with van der Waals surface area (Å²) in [4.78, 5) is 2.64. The molecule has 0 aromatic carbocycles. The molecule has 1 N–H and O–H groups in total. The largest absolute Gasteiger partial charge is 0.376 e. The van der Waals surface area contributed by atoms with Gasteiger partial charge in [-0.2, -0.15) is 0 Å². The van der Waals surface area contributed by atoms with Crippen LogP contribution in [0.25, 0.3) is 0 Å². The Bertz CT molecular complexity index is 216. The van der Waals surface area contributed by atoms with Gasteiger partial charge in [0, 0.05) is 25.2 Å². The lowest BCUT2D eigenvalue weighted by molar-refractivity contribution is -0.0568. The van der Waals surface area contributed by atoms with Crippen molar-refractivity contribution in [3.63, 3.8) is 0 Å². The van der Waals surface area contributed by atoms with E-state index in [4.69, 9.17) is 4.74 Å². The maximum atomic E-state index is 5.75. The summed E-state index contributed by atoms with van der Waals surface area (Å²) >= 11 is 0. The molecule has 0 saturated carbocycles. The molecule has 3 unspecified atom stereocenters. The van der Waals surface area contributed by atoms with Gasteiger partial charge in [-0.05, 0) is 39.2 Å². The van der Waals surface area contributed by atoms with Gasteiger partial charge in [0.25, 0.3) is 0 Å². The highest BCUT2D eigenvalue weighted by Crippen LogP contribution is 2.17. The van der Waals surface area contributed by atoms with Crippen molar-refractivity contribution in [1.82, 2.24) is 10.2 Å². The number of ether oxygens (including phenoxy) is 1. The average molecular weight is 240 g/mol. The van der Waals surface area contributed by atoms with E-state index >= 15 is 0 Å². The number of nitrogens with one attached hydrogen (secondary N) is 1. The number of hydrogen-bond acceptors (Lipinski definition) is 3. The molecule has 2 aliphatic rings. The van der Waals surface area contributed by atoms with Crippen LogP contribution < -0.4 is 5.32 Å². The summed E-state index contributed by atoms with van der Waals surface area (Å²) in [7, 11) is 0. The second-order valence-corrected chi connectivity index (χ2v) is 5.64. The highest BCUT2D eigenvalue weighted by atomic mass is 16.5. The normalized spacial score (nSPS) is 36.0. The summed E-state index contributed by atoms with van der Waals surface area (Å²) < 4.78 is 5.75. The third kappa shape index (κ3) is 3.94. The van der Waals surface area contributed by atoms with Gasteiger partial charge in [-0.3, -0.25) is 4.90 Å². The molecule has 3 nitrogen and oxygen atoms in total. The molecule has 100 valence electrons. The van der Waals surface area contributed by atoms with Crippen LogP contribution in [0.1, 0.15) is 46.0 Å². The van der Waals surface area contributed by atoms with E-state index < -0.39 is 0 Å². The fourth-order valence-electron chi connectivity index (χ4n) is 3.05. The molecular formula is C14H28N2O. The van der Waals surface area contributed by atoms with Gasteiger partial charge in [0.1, 0.15) is 0 Å². The summed E-state index contributed by atoms with van der Waals surface area (Å²) in [5, 5.41) is 3.64. The van der Waals surface area contributed by atoms with E-state index in [0.717, 1.165) is 19.2 Å². The van der Waals surface area contributed by atoms with E-state index in [1.165, 1.54) is 45.2 Å². The van der Waals surface area contributed by atoms with Crippen LogP contribution in [0.2, 0.25) is 0 Å². The molecule has 0 aromatic rings. The molecule has 0 aliphatic carbocycles. The van der Waals surface area contributed by atoms with Crippen molar-refractivity contribution in [2.75, 3.05) is 26.2 Å². The Kier molecular flexibility index (Phi) is 5.26. The molecule has 0 radical (unpaired) electrons. The molecule has 3 atom stereocenters. The third-order valence-corrected chi connectivity index (χ3v) is 4.23. The van der Waals surface area contributed by atoms with Crippen LogP contribution in [-0.2, 0) is 4.74 Å². The Morgan fingerprint density at radius 1 is 1.35 bits per heavy atom. The van der Waals surface area contributed by atoms with Crippen molar-refractivity contribution in [3.8, 4) is 0 Å². The predicted octanol–water partition coefficient (Wildman–Crippen LogP) is 2.02. The van der Waals surface area contributed by atoms with Crippen LogP contribution in [-0.4, -0.2) is 49.3 Å². The Morgan fingerprint density at radius 2 is 2.24 bits per heavy atom. The SMILES string of the molecule is CCC1COC(C)CN1CCC1CCCCN1. The highest BCUT2D eigenvalue weighted by molar-refractivity contribution is 4.80. The van der Waals surface area contributed by atoms with Crippen molar-refractivity contribution in [2.45, 2.75) is 64.1 Å². The summed E-state index contributed by atoms with van der Waals surface area (Å²) in [6.45, 7) is 8.97. The molecule has 0 bridgehead atoms. The number of nitrogens with zero attached hydrogens (tertiary/aromatic N) is 1. The fourth-order valence-corrected chi connectivity index (χ4v) is 3.05. The van der Waals surface area contributed by atoms with E-state index in [0.29, 0.717) is 12.1 Å². The van der Waals surface area contributed by atoms with Gasteiger partial charge in [-0.15, -0.1) is 0 Å². The lowest BCUT2D eigenvalue weighted by atomic mass is 10.0. The quantitative estimate of drug-likeness (QED) is 0.813. The molecule has 0 amide bonds. The van der Waals surface area contributed by atoms with Gasteiger partial charge in [0.05, 0.1) is 12.7 Å². The molecule has 17 heavy (non-hydrogen) atoms. The molecule has 2 heterocycles. The van der Waals surface area contributed by atoms with Crippen LogP contribution in [0, 0.1) is 0 Å². The van der Waals surface area contributed by atoms with Crippen LogP contribution >= 0.6 is 0 Å². The zero-order valence-electron chi connectivity index (χ0n) is 11.5. The first-order valence-electron chi connectivity index (χ1n) is 7.38. The van der Waals surface area contributed by atoms with E-state index in [9.17, 15) is 0 Å². The zero-order chi connectivity index (χ0) is 12.1. The van der Waals surface area contributed by atoms with E-state index in [-0.39, 0.29) is 0 Å². The van der Waals surface area contributed by atoms with Gasteiger partial charge in [0.15, 0.2) is 0 Å². The molecule has 0 aromatic heterocycles. The van der Waals surface area contributed by atoms with E-state index in [2.05, 4.69) is 24.1 Å². The van der Waals surface area contributed by atoms with E-state index in [1.807, 2.05) is 0 Å². The smallest absolute Gasteiger partial charge is 0.0674 e. The lowest BCUT2D eigenvalue weighted by Crippen LogP contribution is -2.50. The summed E-state index contributed by atoms with van der Waals surface area (Å²) in [5.41, 5.74) is 0. The van der Waals surface area contributed by atoms with Crippen molar-refractivity contribution in [1.29, 1.82) is 0 Å². The molecule has 2 aliphatic heterocycles. The average Bonchev–Trinajstić information content (AvgIpc) is 2.38. The molecular weight excluding hydrogens is 212 g/mol. The number of piperidine rings is 1.